The third-order valence-corrected chi connectivity index (χ3v) is 2.93. The molecule has 3 N–H and O–H groups in total. The topological polar surface area (TPSA) is 101 Å². The number of rotatable bonds is 5. The second kappa shape index (κ2) is 6.08. The third kappa shape index (κ3) is 3.38. The lowest BCUT2D eigenvalue weighted by Crippen LogP contribution is -2.28. The van der Waals surface area contributed by atoms with Crippen molar-refractivity contribution in [2.45, 2.75) is 0 Å². The number of primary amides is 1. The maximum atomic E-state index is 11.6. The number of nitrogens with one attached hydrogen (secondary N) is 1. The van der Waals surface area contributed by atoms with E-state index in [2.05, 4.69) is 10.2 Å². The Hall–Kier alpha value is -2.83. The maximum absolute atomic E-state index is 11.6. The number of hydrogen-bond acceptors (Lipinski definition) is 4. The highest BCUT2D eigenvalue weighted by Crippen LogP contribution is 2.26. The molecule has 0 fully saturated rings. The Balaban J connectivity index is 2.29. The molecular weight excluding hydrogens is 272 g/mol. The molecule has 1 aromatic heterocycles. The lowest BCUT2D eigenvalue weighted by Gasteiger charge is -2.13. The predicted molar refractivity (Wildman–Crippen MR) is 76.7 cm³/mol. The first-order valence-corrected chi connectivity index (χ1v) is 6.25. The SMILES string of the molecule is CN(C)C(=O)COc1cc(-c2cn[nH]c2)ccc1C(N)=O. The number of ether oxygens (including phenoxy) is 1. The lowest BCUT2D eigenvalue weighted by molar-refractivity contribution is -0.130. The van der Waals surface area contributed by atoms with Crippen molar-refractivity contribution in [3.8, 4) is 16.9 Å². The number of carbonyl (C=O) groups is 2. The van der Waals surface area contributed by atoms with Crippen LogP contribution in [-0.2, 0) is 4.79 Å². The first kappa shape index (κ1) is 14.6. The number of likely N-dealkylation sites (N-methyl/N-ethyl adjacent to an activating group) is 1. The second-order valence-corrected chi connectivity index (χ2v) is 4.64. The Morgan fingerprint density at radius 2 is 2.10 bits per heavy atom. The van der Waals surface area contributed by atoms with Gasteiger partial charge in [-0.25, -0.2) is 0 Å². The summed E-state index contributed by atoms with van der Waals surface area (Å²) in [6.45, 7) is -0.165. The van der Waals surface area contributed by atoms with Crippen molar-refractivity contribution in [2.75, 3.05) is 20.7 Å². The van der Waals surface area contributed by atoms with Crippen molar-refractivity contribution in [1.29, 1.82) is 0 Å². The zero-order valence-electron chi connectivity index (χ0n) is 11.8. The van der Waals surface area contributed by atoms with Crippen LogP contribution in [0.5, 0.6) is 5.75 Å². The van der Waals surface area contributed by atoms with Gasteiger partial charge in [0, 0.05) is 25.9 Å². The van der Waals surface area contributed by atoms with Gasteiger partial charge in [-0.05, 0) is 17.7 Å². The first-order chi connectivity index (χ1) is 9.99. The molecule has 0 aliphatic heterocycles. The number of nitrogens with zero attached hydrogens (tertiary/aromatic N) is 2. The summed E-state index contributed by atoms with van der Waals surface area (Å²) in [4.78, 5) is 24.4. The van der Waals surface area contributed by atoms with Gasteiger partial charge in [0.2, 0.25) is 0 Å². The minimum Gasteiger partial charge on any atom is -0.483 e. The van der Waals surface area contributed by atoms with Crippen LogP contribution in [0.4, 0.5) is 0 Å². The minimum absolute atomic E-state index is 0.165. The second-order valence-electron chi connectivity index (χ2n) is 4.64. The molecule has 0 spiro atoms. The highest BCUT2D eigenvalue weighted by atomic mass is 16.5. The average molecular weight is 288 g/mol. The minimum atomic E-state index is -0.610. The van der Waals surface area contributed by atoms with Gasteiger partial charge in [0.1, 0.15) is 5.75 Å². The Kier molecular flexibility index (Phi) is 4.22. The van der Waals surface area contributed by atoms with Crippen LogP contribution >= 0.6 is 0 Å². The van der Waals surface area contributed by atoms with Gasteiger partial charge in [-0.15, -0.1) is 0 Å². The molecule has 110 valence electrons. The number of carbonyl (C=O) groups excluding carboxylic acids is 2. The number of aromatic amines is 1. The summed E-state index contributed by atoms with van der Waals surface area (Å²) in [6, 6.07) is 4.97. The van der Waals surface area contributed by atoms with Crippen LogP contribution in [-0.4, -0.2) is 47.6 Å². The van der Waals surface area contributed by atoms with E-state index < -0.39 is 5.91 Å². The molecule has 2 amide bonds. The number of benzene rings is 1. The summed E-state index contributed by atoms with van der Waals surface area (Å²) in [5.41, 5.74) is 7.20. The van der Waals surface area contributed by atoms with E-state index in [9.17, 15) is 9.59 Å². The van der Waals surface area contributed by atoms with Gasteiger partial charge < -0.3 is 15.4 Å². The van der Waals surface area contributed by atoms with E-state index in [0.29, 0.717) is 0 Å². The highest BCUT2D eigenvalue weighted by molar-refractivity contribution is 5.96. The van der Waals surface area contributed by atoms with Crippen LogP contribution in [0.2, 0.25) is 0 Å². The molecule has 2 rings (SSSR count). The summed E-state index contributed by atoms with van der Waals surface area (Å²) in [7, 11) is 3.26. The molecule has 0 aliphatic rings. The van der Waals surface area contributed by atoms with Crippen molar-refractivity contribution in [2.24, 2.45) is 5.73 Å². The molecule has 1 aromatic carbocycles. The number of hydrogen-bond donors (Lipinski definition) is 2. The summed E-state index contributed by atoms with van der Waals surface area (Å²) in [5.74, 6) is -0.545. The van der Waals surface area contributed by atoms with E-state index in [1.54, 1.807) is 44.7 Å². The zero-order valence-corrected chi connectivity index (χ0v) is 11.8. The van der Waals surface area contributed by atoms with Crippen molar-refractivity contribution in [3.63, 3.8) is 0 Å². The van der Waals surface area contributed by atoms with Crippen molar-refractivity contribution < 1.29 is 14.3 Å². The van der Waals surface area contributed by atoms with Crippen molar-refractivity contribution >= 4 is 11.8 Å². The van der Waals surface area contributed by atoms with Gasteiger partial charge in [0.15, 0.2) is 6.61 Å². The monoisotopic (exact) mass is 288 g/mol. The van der Waals surface area contributed by atoms with Crippen LogP contribution < -0.4 is 10.5 Å². The van der Waals surface area contributed by atoms with Crippen LogP contribution in [0, 0.1) is 0 Å². The van der Waals surface area contributed by atoms with Crippen LogP contribution in [0.15, 0.2) is 30.6 Å². The van der Waals surface area contributed by atoms with Gasteiger partial charge >= 0.3 is 0 Å². The van der Waals surface area contributed by atoms with E-state index in [-0.39, 0.29) is 23.8 Å². The molecule has 0 atom stereocenters. The molecule has 0 saturated carbocycles. The van der Waals surface area contributed by atoms with Gasteiger partial charge in [0.25, 0.3) is 11.8 Å². The van der Waals surface area contributed by atoms with Crippen LogP contribution in [0.1, 0.15) is 10.4 Å². The normalized spacial score (nSPS) is 10.2. The van der Waals surface area contributed by atoms with E-state index in [0.717, 1.165) is 11.1 Å². The van der Waals surface area contributed by atoms with E-state index in [1.807, 2.05) is 0 Å². The van der Waals surface area contributed by atoms with Gasteiger partial charge in [0.05, 0.1) is 11.8 Å². The number of nitrogens with two attached hydrogens (primary N) is 1. The van der Waals surface area contributed by atoms with Crippen LogP contribution in [0.3, 0.4) is 0 Å². The molecule has 0 bridgehead atoms. The summed E-state index contributed by atoms with van der Waals surface area (Å²) >= 11 is 0. The molecule has 0 aliphatic carbocycles. The smallest absolute Gasteiger partial charge is 0.259 e. The Morgan fingerprint density at radius 3 is 2.67 bits per heavy atom. The predicted octanol–water partition coefficient (Wildman–Crippen LogP) is 0.643. The Morgan fingerprint density at radius 1 is 1.33 bits per heavy atom. The maximum Gasteiger partial charge on any atom is 0.259 e. The van der Waals surface area contributed by atoms with E-state index in [1.165, 1.54) is 4.90 Å². The Bertz CT molecular complexity index is 650. The van der Waals surface area contributed by atoms with Gasteiger partial charge in [-0.2, -0.15) is 5.10 Å². The van der Waals surface area contributed by atoms with Crippen LogP contribution in [0.25, 0.3) is 11.1 Å². The first-order valence-electron chi connectivity index (χ1n) is 6.25. The van der Waals surface area contributed by atoms with Gasteiger partial charge in [-0.1, -0.05) is 6.07 Å². The number of H-pyrrole nitrogens is 1. The highest BCUT2D eigenvalue weighted by Gasteiger charge is 2.14. The summed E-state index contributed by atoms with van der Waals surface area (Å²) < 4.78 is 5.44. The fraction of sp³-hybridized carbons (Fsp3) is 0.214. The van der Waals surface area contributed by atoms with E-state index >= 15 is 0 Å². The summed E-state index contributed by atoms with van der Waals surface area (Å²) in [5, 5.41) is 6.57. The van der Waals surface area contributed by atoms with E-state index in [4.69, 9.17) is 10.5 Å². The van der Waals surface area contributed by atoms with Crippen molar-refractivity contribution in [3.05, 3.63) is 36.2 Å². The Labute approximate surface area is 121 Å². The molecule has 7 nitrogen and oxygen atoms in total. The molecule has 7 heteroatoms. The standard InChI is InChI=1S/C14H16N4O3/c1-18(2)13(19)8-21-12-5-9(10-6-16-17-7-10)3-4-11(12)14(15)20/h3-7H,8H2,1-2H3,(H2,15,20)(H,16,17). The molecule has 21 heavy (non-hydrogen) atoms. The fourth-order valence-electron chi connectivity index (χ4n) is 1.70. The summed E-state index contributed by atoms with van der Waals surface area (Å²) in [6.07, 6.45) is 3.36. The van der Waals surface area contributed by atoms with Crippen molar-refractivity contribution in [1.82, 2.24) is 15.1 Å². The molecular formula is C14H16N4O3. The quantitative estimate of drug-likeness (QED) is 0.843. The molecule has 2 aromatic rings. The van der Waals surface area contributed by atoms with Gasteiger partial charge in [-0.3, -0.25) is 14.7 Å². The number of amides is 2. The number of aromatic nitrogens is 2. The lowest BCUT2D eigenvalue weighted by atomic mass is 10.1. The molecule has 0 saturated heterocycles. The molecule has 0 unspecified atom stereocenters. The zero-order chi connectivity index (χ0) is 15.4. The fourth-order valence-corrected chi connectivity index (χ4v) is 1.70. The largest absolute Gasteiger partial charge is 0.483 e. The average Bonchev–Trinajstić information content (AvgIpc) is 2.98. The molecule has 0 radical (unpaired) electrons. The third-order valence-electron chi connectivity index (χ3n) is 2.93. The molecule has 1 heterocycles.